The topological polar surface area (TPSA) is 46.6 Å². The number of rotatable bonds is 4. The van der Waals surface area contributed by atoms with Crippen molar-refractivity contribution in [3.05, 3.63) is 70.3 Å². The molecule has 0 saturated carbocycles. The van der Waals surface area contributed by atoms with Crippen LogP contribution in [-0.2, 0) is 14.3 Å². The van der Waals surface area contributed by atoms with Gasteiger partial charge in [0.1, 0.15) is 6.61 Å². The Bertz CT molecular complexity index is 908. The number of hydrogen-bond acceptors (Lipinski definition) is 3. The van der Waals surface area contributed by atoms with Gasteiger partial charge in [0, 0.05) is 5.02 Å². The van der Waals surface area contributed by atoms with Crippen LogP contribution >= 0.6 is 11.6 Å². The van der Waals surface area contributed by atoms with Gasteiger partial charge in [0.15, 0.2) is 6.10 Å². The summed E-state index contributed by atoms with van der Waals surface area (Å²) >= 11 is 5.89. The highest BCUT2D eigenvalue weighted by molar-refractivity contribution is 6.33. The van der Waals surface area contributed by atoms with E-state index in [0.29, 0.717) is 10.7 Å². The second-order valence-electron chi connectivity index (χ2n) is 5.86. The molecule has 4 nitrogen and oxygen atoms in total. The molecule has 2 aromatic carbocycles. The van der Waals surface area contributed by atoms with Crippen LogP contribution in [-0.4, -0.2) is 24.5 Å². The maximum Gasteiger partial charge on any atom is 0.268 e. The quantitative estimate of drug-likeness (QED) is 0.472. The number of carbonyl (C=O) groups excluding carboxylic acids is 2. The third-order valence-electron chi connectivity index (χ3n) is 3.99. The van der Waals surface area contributed by atoms with Crippen molar-refractivity contribution in [2.45, 2.75) is 13.0 Å². The molecule has 0 aromatic heterocycles. The largest absolute Gasteiger partial charge is 0.351 e. The second-order valence-corrected chi connectivity index (χ2v) is 6.30. The fourth-order valence-corrected chi connectivity index (χ4v) is 2.82. The van der Waals surface area contributed by atoms with Gasteiger partial charge in [-0.15, -0.1) is 6.42 Å². The van der Waals surface area contributed by atoms with Crippen molar-refractivity contribution in [2.75, 3.05) is 11.5 Å². The summed E-state index contributed by atoms with van der Waals surface area (Å²) in [6, 6.07) is 14.1. The molecule has 2 aromatic rings. The Morgan fingerprint density at radius 2 is 1.81 bits per heavy atom. The second kappa shape index (κ2) is 7.57. The number of nitrogens with zero attached hydrogens (tertiary/aromatic N) is 1. The summed E-state index contributed by atoms with van der Waals surface area (Å²) in [4.78, 5) is 26.8. The number of carbonyl (C=O) groups is 2. The number of amides is 2. The third kappa shape index (κ3) is 3.55. The van der Waals surface area contributed by atoms with Crippen LogP contribution in [0.4, 0.5) is 5.69 Å². The zero-order chi connectivity index (χ0) is 18.7. The predicted molar refractivity (Wildman–Crippen MR) is 102 cm³/mol. The number of ether oxygens (including phenoxy) is 1. The Balaban J connectivity index is 2.01. The fraction of sp³-hybridized carbons (Fsp3) is 0.143. The minimum atomic E-state index is -1.03. The van der Waals surface area contributed by atoms with Gasteiger partial charge in [-0.05, 0) is 42.8 Å². The number of aryl methyl sites for hydroxylation is 1. The zero-order valence-corrected chi connectivity index (χ0v) is 14.9. The number of halogens is 1. The zero-order valence-electron chi connectivity index (χ0n) is 14.1. The highest BCUT2D eigenvalue weighted by Crippen LogP contribution is 2.30. The van der Waals surface area contributed by atoms with E-state index >= 15 is 0 Å². The lowest BCUT2D eigenvalue weighted by Gasteiger charge is -2.14. The highest BCUT2D eigenvalue weighted by atomic mass is 35.5. The van der Waals surface area contributed by atoms with E-state index in [2.05, 4.69) is 5.92 Å². The summed E-state index contributed by atoms with van der Waals surface area (Å²) in [5.41, 5.74) is 2.60. The predicted octanol–water partition coefficient (Wildman–Crippen LogP) is 3.62. The summed E-state index contributed by atoms with van der Waals surface area (Å²) in [5, 5.41) is 0.517. The molecule has 0 spiro atoms. The Morgan fingerprint density at radius 1 is 1.15 bits per heavy atom. The molecule has 0 radical (unpaired) electrons. The Kier molecular flexibility index (Phi) is 5.22. The summed E-state index contributed by atoms with van der Waals surface area (Å²) in [6.45, 7) is 1.91. The van der Waals surface area contributed by atoms with Crippen LogP contribution in [0.5, 0.6) is 0 Å². The molecule has 1 saturated heterocycles. The van der Waals surface area contributed by atoms with Gasteiger partial charge in [-0.2, -0.15) is 0 Å². The molecule has 1 fully saturated rings. The summed E-state index contributed by atoms with van der Waals surface area (Å²) in [5.74, 6) is 1.44. The number of hydrogen-bond donors (Lipinski definition) is 0. The molecule has 26 heavy (non-hydrogen) atoms. The van der Waals surface area contributed by atoms with Crippen molar-refractivity contribution in [3.8, 4) is 12.3 Å². The molecule has 1 atom stereocenters. The van der Waals surface area contributed by atoms with Crippen LogP contribution in [0.1, 0.15) is 11.1 Å². The van der Waals surface area contributed by atoms with Gasteiger partial charge >= 0.3 is 0 Å². The van der Waals surface area contributed by atoms with Crippen LogP contribution in [0.15, 0.2) is 54.1 Å². The first-order valence-corrected chi connectivity index (χ1v) is 8.36. The van der Waals surface area contributed by atoms with E-state index in [1.165, 1.54) is 0 Å². The van der Waals surface area contributed by atoms with Crippen molar-refractivity contribution in [2.24, 2.45) is 0 Å². The maximum atomic E-state index is 12.9. The van der Waals surface area contributed by atoms with E-state index in [4.69, 9.17) is 22.8 Å². The molecule has 1 aliphatic heterocycles. The molecule has 1 unspecified atom stereocenters. The van der Waals surface area contributed by atoms with Crippen LogP contribution in [0.3, 0.4) is 0 Å². The van der Waals surface area contributed by atoms with Crippen LogP contribution < -0.4 is 4.90 Å². The van der Waals surface area contributed by atoms with Gasteiger partial charge in [-0.25, -0.2) is 4.90 Å². The molecule has 1 aliphatic rings. The molecule has 130 valence electrons. The number of terminal acetylenes is 1. The first-order chi connectivity index (χ1) is 12.5. The third-order valence-corrected chi connectivity index (χ3v) is 4.25. The van der Waals surface area contributed by atoms with E-state index in [-0.39, 0.29) is 12.2 Å². The fourth-order valence-electron chi connectivity index (χ4n) is 2.70. The van der Waals surface area contributed by atoms with Gasteiger partial charge in [-0.1, -0.05) is 47.4 Å². The number of benzene rings is 2. The Hall–Kier alpha value is -2.87. The van der Waals surface area contributed by atoms with Crippen molar-refractivity contribution in [1.82, 2.24) is 0 Å². The minimum Gasteiger partial charge on any atom is -0.351 e. The Morgan fingerprint density at radius 3 is 2.42 bits per heavy atom. The average Bonchev–Trinajstić information content (AvgIpc) is 2.86. The van der Waals surface area contributed by atoms with Crippen molar-refractivity contribution < 1.29 is 14.3 Å². The van der Waals surface area contributed by atoms with Gasteiger partial charge in [0.25, 0.3) is 11.8 Å². The van der Waals surface area contributed by atoms with Gasteiger partial charge < -0.3 is 4.74 Å². The molecule has 0 aliphatic carbocycles. The first kappa shape index (κ1) is 17.9. The molecule has 3 rings (SSSR count). The summed E-state index contributed by atoms with van der Waals surface area (Å²) in [6.07, 6.45) is 5.88. The lowest BCUT2D eigenvalue weighted by molar-refractivity contribution is -0.125. The van der Waals surface area contributed by atoms with Crippen LogP contribution in [0.25, 0.3) is 6.08 Å². The van der Waals surface area contributed by atoms with Crippen molar-refractivity contribution >= 4 is 35.2 Å². The van der Waals surface area contributed by atoms with Crippen molar-refractivity contribution in [3.63, 3.8) is 0 Å². The molecular weight excluding hydrogens is 350 g/mol. The smallest absolute Gasteiger partial charge is 0.268 e. The number of imide groups is 1. The summed E-state index contributed by atoms with van der Waals surface area (Å²) < 4.78 is 5.48. The van der Waals surface area contributed by atoms with Crippen LogP contribution in [0.2, 0.25) is 5.02 Å². The van der Waals surface area contributed by atoms with E-state index < -0.39 is 17.9 Å². The molecule has 5 heteroatoms. The van der Waals surface area contributed by atoms with E-state index in [1.807, 2.05) is 31.2 Å². The van der Waals surface area contributed by atoms with Gasteiger partial charge in [0.2, 0.25) is 0 Å². The van der Waals surface area contributed by atoms with E-state index in [0.717, 1.165) is 16.0 Å². The molecular formula is C21H16ClNO3. The molecule has 0 bridgehead atoms. The minimum absolute atomic E-state index is 0.0661. The maximum absolute atomic E-state index is 12.9. The first-order valence-electron chi connectivity index (χ1n) is 7.98. The van der Waals surface area contributed by atoms with Gasteiger partial charge in [-0.3, -0.25) is 9.59 Å². The van der Waals surface area contributed by atoms with Crippen molar-refractivity contribution in [1.29, 1.82) is 0 Å². The average molecular weight is 366 g/mol. The lowest BCUT2D eigenvalue weighted by Crippen LogP contribution is -2.32. The Labute approximate surface area is 157 Å². The van der Waals surface area contributed by atoms with Gasteiger partial charge in [0.05, 0.1) is 11.3 Å². The SMILES string of the molecule is C#CCOC1C(=O)N(c2ccc(Cl)cc2)C(=O)/C1=C/c1ccc(C)cc1. The standard InChI is InChI=1S/C21H16ClNO3/c1-3-12-26-19-18(13-15-6-4-14(2)5-7-15)20(24)23(21(19)25)17-10-8-16(22)9-11-17/h1,4-11,13,19H,12H2,2H3/b18-13+. The van der Waals surface area contributed by atoms with Crippen LogP contribution in [0, 0.1) is 19.3 Å². The molecule has 0 N–H and O–H groups in total. The molecule has 1 heterocycles. The van der Waals surface area contributed by atoms with E-state index in [9.17, 15) is 9.59 Å². The normalized spacial score (nSPS) is 18.4. The molecule has 2 amide bonds. The lowest BCUT2D eigenvalue weighted by atomic mass is 10.1. The summed E-state index contributed by atoms with van der Waals surface area (Å²) in [7, 11) is 0. The number of anilines is 1. The highest BCUT2D eigenvalue weighted by Gasteiger charge is 2.44. The van der Waals surface area contributed by atoms with E-state index in [1.54, 1.807) is 30.3 Å². The monoisotopic (exact) mass is 365 g/mol.